The molecule has 3 heteroatoms. The third-order valence-electron chi connectivity index (χ3n) is 3.49. The highest BCUT2D eigenvalue weighted by atomic mass is 16.5. The first-order valence-corrected chi connectivity index (χ1v) is 6.80. The summed E-state index contributed by atoms with van der Waals surface area (Å²) in [5.74, 6) is 2.20. The van der Waals surface area contributed by atoms with Crippen LogP contribution in [0.25, 0.3) is 0 Å². The standard InChI is InChI=1S/C16H18N2O/c1-2-17-11-13-10-12-6-3-4-7-14(12)19-15-8-5-9-18-16(13)15/h3-9,13,17H,2,10-11H2,1H3/t13-/m0/s1. The van der Waals surface area contributed by atoms with Gasteiger partial charge in [0, 0.05) is 18.7 Å². The van der Waals surface area contributed by atoms with E-state index in [4.69, 9.17) is 4.74 Å². The van der Waals surface area contributed by atoms with Crippen molar-refractivity contribution < 1.29 is 4.74 Å². The molecule has 1 atom stereocenters. The largest absolute Gasteiger partial charge is 0.455 e. The molecule has 0 bridgehead atoms. The molecule has 2 heterocycles. The second-order valence-electron chi connectivity index (χ2n) is 4.81. The number of para-hydroxylation sites is 1. The van der Waals surface area contributed by atoms with Crippen LogP contribution < -0.4 is 10.1 Å². The van der Waals surface area contributed by atoms with E-state index in [9.17, 15) is 0 Å². The van der Waals surface area contributed by atoms with Gasteiger partial charge in [-0.2, -0.15) is 0 Å². The van der Waals surface area contributed by atoms with Crippen molar-refractivity contribution in [3.05, 3.63) is 53.9 Å². The second-order valence-corrected chi connectivity index (χ2v) is 4.81. The summed E-state index contributed by atoms with van der Waals surface area (Å²) in [6.45, 7) is 4.03. The first-order valence-electron chi connectivity index (χ1n) is 6.80. The Kier molecular flexibility index (Phi) is 3.47. The molecule has 19 heavy (non-hydrogen) atoms. The van der Waals surface area contributed by atoms with Crippen molar-refractivity contribution in [3.8, 4) is 11.5 Å². The van der Waals surface area contributed by atoms with Crippen LogP contribution in [0.4, 0.5) is 0 Å². The predicted molar refractivity (Wildman–Crippen MR) is 75.7 cm³/mol. The lowest BCUT2D eigenvalue weighted by molar-refractivity contribution is 0.473. The summed E-state index contributed by atoms with van der Waals surface area (Å²) < 4.78 is 6.02. The van der Waals surface area contributed by atoms with Crippen molar-refractivity contribution in [1.82, 2.24) is 10.3 Å². The second kappa shape index (κ2) is 5.41. The van der Waals surface area contributed by atoms with Gasteiger partial charge < -0.3 is 10.1 Å². The lowest BCUT2D eigenvalue weighted by atomic mass is 9.95. The van der Waals surface area contributed by atoms with E-state index in [0.29, 0.717) is 5.92 Å². The van der Waals surface area contributed by atoms with Crippen LogP contribution in [-0.2, 0) is 6.42 Å². The van der Waals surface area contributed by atoms with Gasteiger partial charge in [-0.25, -0.2) is 0 Å². The zero-order valence-electron chi connectivity index (χ0n) is 11.1. The highest BCUT2D eigenvalue weighted by Gasteiger charge is 2.23. The maximum Gasteiger partial charge on any atom is 0.149 e. The van der Waals surface area contributed by atoms with E-state index in [2.05, 4.69) is 29.4 Å². The number of likely N-dealkylation sites (N-methyl/N-ethyl adjacent to an activating group) is 1. The van der Waals surface area contributed by atoms with Gasteiger partial charge in [-0.15, -0.1) is 0 Å². The monoisotopic (exact) mass is 254 g/mol. The van der Waals surface area contributed by atoms with Crippen molar-refractivity contribution in [3.63, 3.8) is 0 Å². The van der Waals surface area contributed by atoms with Crippen molar-refractivity contribution in [1.29, 1.82) is 0 Å². The number of hydrogen-bond donors (Lipinski definition) is 1. The molecule has 1 aliphatic heterocycles. The summed E-state index contributed by atoms with van der Waals surface area (Å²) >= 11 is 0. The van der Waals surface area contributed by atoms with Gasteiger partial charge in [0.25, 0.3) is 0 Å². The smallest absolute Gasteiger partial charge is 0.149 e. The molecule has 0 aliphatic carbocycles. The number of benzene rings is 1. The lowest BCUT2D eigenvalue weighted by Gasteiger charge is -2.15. The quantitative estimate of drug-likeness (QED) is 0.913. The van der Waals surface area contributed by atoms with Crippen molar-refractivity contribution in [2.24, 2.45) is 0 Å². The van der Waals surface area contributed by atoms with E-state index in [1.54, 1.807) is 0 Å². The number of nitrogens with zero attached hydrogens (tertiary/aromatic N) is 1. The topological polar surface area (TPSA) is 34.1 Å². The van der Waals surface area contributed by atoms with E-state index >= 15 is 0 Å². The first kappa shape index (κ1) is 12.2. The lowest BCUT2D eigenvalue weighted by Crippen LogP contribution is -2.23. The van der Waals surface area contributed by atoms with E-state index in [1.807, 2.05) is 30.5 Å². The maximum absolute atomic E-state index is 6.02. The van der Waals surface area contributed by atoms with Gasteiger partial charge in [0.15, 0.2) is 0 Å². The highest BCUT2D eigenvalue weighted by molar-refractivity contribution is 5.44. The Morgan fingerprint density at radius 2 is 2.05 bits per heavy atom. The fraction of sp³-hybridized carbons (Fsp3) is 0.312. The summed E-state index contributed by atoms with van der Waals surface area (Å²) in [6.07, 6.45) is 2.81. The molecule has 1 aliphatic rings. The minimum Gasteiger partial charge on any atom is -0.455 e. The molecule has 1 N–H and O–H groups in total. The van der Waals surface area contributed by atoms with Gasteiger partial charge in [0.05, 0.1) is 5.69 Å². The minimum absolute atomic E-state index is 0.361. The summed E-state index contributed by atoms with van der Waals surface area (Å²) in [5, 5.41) is 3.42. The molecule has 0 radical (unpaired) electrons. The number of ether oxygens (including phenoxy) is 1. The van der Waals surface area contributed by atoms with Crippen LogP contribution in [-0.4, -0.2) is 18.1 Å². The van der Waals surface area contributed by atoms with E-state index in [0.717, 1.165) is 36.7 Å². The number of aromatic nitrogens is 1. The van der Waals surface area contributed by atoms with Crippen LogP contribution in [0.5, 0.6) is 11.5 Å². The molecular weight excluding hydrogens is 236 g/mol. The molecule has 0 spiro atoms. The molecule has 3 rings (SSSR count). The number of pyridine rings is 1. The Morgan fingerprint density at radius 1 is 1.21 bits per heavy atom. The van der Waals surface area contributed by atoms with Crippen LogP contribution in [0, 0.1) is 0 Å². The fourth-order valence-corrected chi connectivity index (χ4v) is 2.54. The average molecular weight is 254 g/mol. The van der Waals surface area contributed by atoms with Crippen LogP contribution in [0.15, 0.2) is 42.6 Å². The van der Waals surface area contributed by atoms with Gasteiger partial charge in [-0.1, -0.05) is 25.1 Å². The third kappa shape index (κ3) is 2.47. The number of hydrogen-bond acceptors (Lipinski definition) is 3. The highest BCUT2D eigenvalue weighted by Crippen LogP contribution is 2.37. The zero-order chi connectivity index (χ0) is 13.1. The molecule has 1 aromatic heterocycles. The normalized spacial score (nSPS) is 17.0. The van der Waals surface area contributed by atoms with Crippen LogP contribution in [0.2, 0.25) is 0 Å². The van der Waals surface area contributed by atoms with Gasteiger partial charge in [0.2, 0.25) is 0 Å². The van der Waals surface area contributed by atoms with Gasteiger partial charge in [-0.05, 0) is 36.7 Å². The van der Waals surface area contributed by atoms with Crippen molar-refractivity contribution >= 4 is 0 Å². The molecule has 0 fully saturated rings. The summed E-state index contributed by atoms with van der Waals surface area (Å²) in [7, 11) is 0. The molecule has 98 valence electrons. The van der Waals surface area contributed by atoms with Crippen LogP contribution in [0.1, 0.15) is 24.1 Å². The zero-order valence-corrected chi connectivity index (χ0v) is 11.1. The summed E-state index contributed by atoms with van der Waals surface area (Å²) in [4.78, 5) is 4.53. The Bertz CT molecular complexity index is 568. The molecule has 2 aromatic rings. The Morgan fingerprint density at radius 3 is 2.95 bits per heavy atom. The van der Waals surface area contributed by atoms with Crippen molar-refractivity contribution in [2.45, 2.75) is 19.3 Å². The van der Waals surface area contributed by atoms with Crippen LogP contribution in [0.3, 0.4) is 0 Å². The minimum atomic E-state index is 0.361. The Hall–Kier alpha value is -1.87. The SMILES string of the molecule is CCNC[C@@H]1Cc2ccccc2Oc2cccnc21. The fourth-order valence-electron chi connectivity index (χ4n) is 2.54. The Balaban J connectivity index is 2.01. The maximum atomic E-state index is 6.02. The van der Waals surface area contributed by atoms with Gasteiger partial charge >= 0.3 is 0 Å². The molecule has 3 nitrogen and oxygen atoms in total. The van der Waals surface area contributed by atoms with Gasteiger partial charge in [0.1, 0.15) is 11.5 Å². The van der Waals surface area contributed by atoms with E-state index < -0.39 is 0 Å². The first-order chi connectivity index (χ1) is 9.38. The van der Waals surface area contributed by atoms with Crippen molar-refractivity contribution in [2.75, 3.05) is 13.1 Å². The molecule has 1 aromatic carbocycles. The summed E-state index contributed by atoms with van der Waals surface area (Å²) in [6, 6.07) is 12.2. The number of fused-ring (bicyclic) bond motifs is 2. The van der Waals surface area contributed by atoms with Gasteiger partial charge in [-0.3, -0.25) is 4.98 Å². The molecular formula is C16H18N2O. The number of rotatable bonds is 3. The molecule has 0 amide bonds. The third-order valence-corrected chi connectivity index (χ3v) is 3.49. The average Bonchev–Trinajstić information content (AvgIpc) is 2.61. The Labute approximate surface area is 113 Å². The van der Waals surface area contributed by atoms with E-state index in [-0.39, 0.29) is 0 Å². The number of nitrogens with one attached hydrogen (secondary N) is 1. The molecule has 0 unspecified atom stereocenters. The summed E-state index contributed by atoms with van der Waals surface area (Å²) in [5.41, 5.74) is 2.31. The predicted octanol–water partition coefficient (Wildman–Crippen LogP) is 3.12. The van der Waals surface area contributed by atoms with Crippen LogP contribution >= 0.6 is 0 Å². The van der Waals surface area contributed by atoms with E-state index in [1.165, 1.54) is 5.56 Å². The molecule has 0 saturated carbocycles. The molecule has 0 saturated heterocycles.